The molecule has 0 aromatic carbocycles. The first-order valence-electron chi connectivity index (χ1n) is 5.17. The van der Waals surface area contributed by atoms with Gasteiger partial charge in [0.05, 0.1) is 10.2 Å². The predicted molar refractivity (Wildman–Crippen MR) is 65.0 cm³/mol. The van der Waals surface area contributed by atoms with Crippen molar-refractivity contribution in [2.45, 2.75) is 38.0 Å². The van der Waals surface area contributed by atoms with Crippen LogP contribution in [-0.2, 0) is 0 Å². The number of hydrogen-bond donors (Lipinski definition) is 1. The van der Waals surface area contributed by atoms with Gasteiger partial charge in [0.1, 0.15) is 5.15 Å². The summed E-state index contributed by atoms with van der Waals surface area (Å²) in [5.41, 5.74) is 6.59. The summed E-state index contributed by atoms with van der Waals surface area (Å²) in [5, 5.41) is 0.420. The lowest BCUT2D eigenvalue weighted by atomic mass is 9.87. The van der Waals surface area contributed by atoms with Crippen LogP contribution in [0.5, 0.6) is 0 Å². The van der Waals surface area contributed by atoms with Crippen LogP contribution in [0.4, 0.5) is 5.95 Å². The fraction of sp³-hybridized carbons (Fsp3) is 0.600. The van der Waals surface area contributed by atoms with E-state index < -0.39 is 0 Å². The lowest BCUT2D eigenvalue weighted by molar-refractivity contribution is 0.435. The van der Waals surface area contributed by atoms with Gasteiger partial charge in [-0.2, -0.15) is 0 Å². The van der Waals surface area contributed by atoms with Gasteiger partial charge < -0.3 is 5.73 Å². The van der Waals surface area contributed by atoms with E-state index in [1.807, 2.05) is 0 Å². The summed E-state index contributed by atoms with van der Waals surface area (Å²) < 4.78 is 0.810. The van der Waals surface area contributed by atoms with E-state index in [9.17, 15) is 0 Å². The number of nitrogen functional groups attached to an aromatic ring is 1. The standard InChI is InChI=1S/C10H13BrClN3/c11-7-8(6-4-2-1-3-5-6)14-10(13)15-9(7)12/h6H,1-5H2,(H2,13,14,15). The minimum atomic E-state index is 0.267. The van der Waals surface area contributed by atoms with Gasteiger partial charge >= 0.3 is 0 Å². The first-order valence-corrected chi connectivity index (χ1v) is 6.34. The van der Waals surface area contributed by atoms with Gasteiger partial charge in [-0.05, 0) is 28.8 Å². The Morgan fingerprint density at radius 3 is 2.53 bits per heavy atom. The smallest absolute Gasteiger partial charge is 0.221 e. The molecule has 0 spiro atoms. The number of nitrogens with two attached hydrogens (primary N) is 1. The normalized spacial score (nSPS) is 18.0. The summed E-state index contributed by atoms with van der Waals surface area (Å²) in [4.78, 5) is 8.21. The lowest BCUT2D eigenvalue weighted by Crippen LogP contribution is -2.10. The lowest BCUT2D eigenvalue weighted by Gasteiger charge is -2.22. The predicted octanol–water partition coefficient (Wildman–Crippen LogP) is 3.52. The molecule has 1 heterocycles. The minimum absolute atomic E-state index is 0.267. The van der Waals surface area contributed by atoms with Crippen LogP contribution in [0.3, 0.4) is 0 Å². The second-order valence-corrected chi connectivity index (χ2v) is 5.06. The Labute approximate surface area is 103 Å². The Morgan fingerprint density at radius 1 is 1.20 bits per heavy atom. The van der Waals surface area contributed by atoms with Crippen molar-refractivity contribution in [1.29, 1.82) is 0 Å². The molecule has 2 N–H and O–H groups in total. The van der Waals surface area contributed by atoms with Crippen LogP contribution in [0.2, 0.25) is 5.15 Å². The fourth-order valence-electron chi connectivity index (χ4n) is 2.10. The van der Waals surface area contributed by atoms with Gasteiger partial charge in [0.2, 0.25) is 5.95 Å². The summed E-state index contributed by atoms with van der Waals surface area (Å²) >= 11 is 9.40. The van der Waals surface area contributed by atoms with Crippen molar-refractivity contribution in [1.82, 2.24) is 9.97 Å². The molecule has 2 rings (SSSR count). The summed E-state index contributed by atoms with van der Waals surface area (Å²) in [7, 11) is 0. The Morgan fingerprint density at radius 2 is 1.87 bits per heavy atom. The van der Waals surface area contributed by atoms with Crippen molar-refractivity contribution in [3.05, 3.63) is 15.3 Å². The molecule has 0 bridgehead atoms. The van der Waals surface area contributed by atoms with E-state index in [0.29, 0.717) is 11.1 Å². The van der Waals surface area contributed by atoms with E-state index in [0.717, 1.165) is 10.2 Å². The molecule has 15 heavy (non-hydrogen) atoms. The van der Waals surface area contributed by atoms with Gasteiger partial charge in [-0.15, -0.1) is 0 Å². The van der Waals surface area contributed by atoms with Crippen LogP contribution in [0, 0.1) is 0 Å². The van der Waals surface area contributed by atoms with Crippen molar-refractivity contribution in [3.63, 3.8) is 0 Å². The highest BCUT2D eigenvalue weighted by Crippen LogP contribution is 2.37. The molecule has 1 aromatic heterocycles. The van der Waals surface area contributed by atoms with Gasteiger partial charge in [0.15, 0.2) is 0 Å². The SMILES string of the molecule is Nc1nc(Cl)c(Br)c(C2CCCCC2)n1. The van der Waals surface area contributed by atoms with Crippen molar-refractivity contribution in [3.8, 4) is 0 Å². The number of halogens is 2. The molecule has 0 radical (unpaired) electrons. The van der Waals surface area contributed by atoms with E-state index in [2.05, 4.69) is 25.9 Å². The van der Waals surface area contributed by atoms with Gasteiger partial charge in [0, 0.05) is 5.92 Å². The number of hydrogen-bond acceptors (Lipinski definition) is 3. The van der Waals surface area contributed by atoms with Crippen LogP contribution in [0.1, 0.15) is 43.7 Å². The average Bonchev–Trinajstić information content (AvgIpc) is 2.24. The van der Waals surface area contributed by atoms with Crippen LogP contribution in [0.25, 0.3) is 0 Å². The molecule has 0 atom stereocenters. The molecular formula is C10H13BrClN3. The highest BCUT2D eigenvalue weighted by Gasteiger charge is 2.21. The highest BCUT2D eigenvalue weighted by atomic mass is 79.9. The molecule has 1 aromatic rings. The van der Waals surface area contributed by atoms with Gasteiger partial charge in [-0.3, -0.25) is 0 Å². The summed E-state index contributed by atoms with van der Waals surface area (Å²) in [5.74, 6) is 0.750. The van der Waals surface area contributed by atoms with Gasteiger partial charge in [-0.1, -0.05) is 30.9 Å². The minimum Gasteiger partial charge on any atom is -0.368 e. The van der Waals surface area contributed by atoms with E-state index >= 15 is 0 Å². The molecule has 1 aliphatic rings. The van der Waals surface area contributed by atoms with E-state index in [4.69, 9.17) is 17.3 Å². The molecule has 5 heteroatoms. The molecule has 0 saturated heterocycles. The average molecular weight is 291 g/mol. The number of anilines is 1. The largest absolute Gasteiger partial charge is 0.368 e. The van der Waals surface area contributed by atoms with Crippen molar-refractivity contribution in [2.24, 2.45) is 0 Å². The third-order valence-electron chi connectivity index (χ3n) is 2.85. The number of rotatable bonds is 1. The topological polar surface area (TPSA) is 51.8 Å². The third kappa shape index (κ3) is 2.42. The molecule has 82 valence electrons. The summed E-state index contributed by atoms with van der Waals surface area (Å²) in [6.45, 7) is 0. The van der Waals surface area contributed by atoms with Crippen LogP contribution in [-0.4, -0.2) is 9.97 Å². The Kier molecular flexibility index (Phi) is 3.46. The summed E-state index contributed by atoms with van der Waals surface area (Å²) in [6.07, 6.45) is 6.19. The van der Waals surface area contributed by atoms with Crippen LogP contribution in [0.15, 0.2) is 4.47 Å². The van der Waals surface area contributed by atoms with Crippen molar-refractivity contribution < 1.29 is 0 Å². The van der Waals surface area contributed by atoms with Gasteiger partial charge in [-0.25, -0.2) is 9.97 Å². The highest BCUT2D eigenvalue weighted by molar-refractivity contribution is 9.10. The monoisotopic (exact) mass is 289 g/mol. The second kappa shape index (κ2) is 4.66. The summed E-state index contributed by atoms with van der Waals surface area (Å²) in [6, 6.07) is 0. The number of aromatic nitrogens is 2. The molecule has 1 saturated carbocycles. The quantitative estimate of drug-likeness (QED) is 0.805. The Hall–Kier alpha value is -0.350. The van der Waals surface area contributed by atoms with Crippen LogP contribution < -0.4 is 5.73 Å². The first-order chi connectivity index (χ1) is 7.18. The zero-order chi connectivity index (χ0) is 10.8. The molecule has 1 fully saturated rings. The first kappa shape index (κ1) is 11.1. The maximum absolute atomic E-state index is 5.96. The maximum Gasteiger partial charge on any atom is 0.221 e. The zero-order valence-corrected chi connectivity index (χ0v) is 10.7. The van der Waals surface area contributed by atoms with E-state index in [1.165, 1.54) is 32.1 Å². The molecule has 0 unspecified atom stereocenters. The fourth-order valence-corrected chi connectivity index (χ4v) is 2.78. The molecule has 1 aliphatic carbocycles. The molecule has 0 aliphatic heterocycles. The molecular weight excluding hydrogens is 277 g/mol. The molecule has 0 amide bonds. The van der Waals surface area contributed by atoms with E-state index in [-0.39, 0.29) is 5.95 Å². The molecule has 3 nitrogen and oxygen atoms in total. The second-order valence-electron chi connectivity index (χ2n) is 3.91. The van der Waals surface area contributed by atoms with E-state index in [1.54, 1.807) is 0 Å². The van der Waals surface area contributed by atoms with Crippen molar-refractivity contribution in [2.75, 3.05) is 5.73 Å². The van der Waals surface area contributed by atoms with Crippen molar-refractivity contribution >= 4 is 33.5 Å². The third-order valence-corrected chi connectivity index (χ3v) is 4.13. The van der Waals surface area contributed by atoms with Gasteiger partial charge in [0.25, 0.3) is 0 Å². The van der Waals surface area contributed by atoms with Crippen LogP contribution >= 0.6 is 27.5 Å². The maximum atomic E-state index is 5.96. The Balaban J connectivity index is 2.33. The Bertz CT molecular complexity index is 364. The zero-order valence-electron chi connectivity index (χ0n) is 8.34. The number of nitrogens with zero attached hydrogens (tertiary/aromatic N) is 2.